The van der Waals surface area contributed by atoms with Gasteiger partial charge in [-0.1, -0.05) is 6.92 Å². The minimum Gasteiger partial charge on any atom is -0.612 e. The molecule has 0 saturated carbocycles. The Morgan fingerprint density at radius 2 is 1.51 bits per heavy atom. The summed E-state index contributed by atoms with van der Waals surface area (Å²) in [5.74, 6) is -4.23. The lowest BCUT2D eigenvalue weighted by molar-refractivity contribution is 0.0449. The molecule has 0 radical (unpaired) electrons. The molecule has 2 aromatic carbocycles. The number of aromatic nitrogens is 1. The highest BCUT2D eigenvalue weighted by Gasteiger charge is 2.35. The summed E-state index contributed by atoms with van der Waals surface area (Å²) < 4.78 is 69.5. The van der Waals surface area contributed by atoms with Crippen molar-refractivity contribution in [3.63, 3.8) is 0 Å². The van der Waals surface area contributed by atoms with Gasteiger partial charge in [0.15, 0.2) is 16.5 Å². The highest BCUT2D eigenvalue weighted by Crippen LogP contribution is 2.40. The topological polar surface area (TPSA) is 103 Å². The van der Waals surface area contributed by atoms with Gasteiger partial charge in [0, 0.05) is 69.0 Å². The van der Waals surface area contributed by atoms with E-state index in [4.69, 9.17) is 0 Å². The van der Waals surface area contributed by atoms with Crippen LogP contribution >= 0.6 is 0 Å². The van der Waals surface area contributed by atoms with Crippen molar-refractivity contribution in [3.05, 3.63) is 48.2 Å². The van der Waals surface area contributed by atoms with Gasteiger partial charge in [-0.15, -0.1) is 0 Å². The number of anilines is 1. The largest absolute Gasteiger partial charge is 0.612 e. The van der Waals surface area contributed by atoms with Crippen molar-refractivity contribution in [3.8, 4) is 5.75 Å². The van der Waals surface area contributed by atoms with E-state index in [0.29, 0.717) is 46.7 Å². The van der Waals surface area contributed by atoms with Crippen LogP contribution in [0.25, 0.3) is 10.9 Å². The van der Waals surface area contributed by atoms with Gasteiger partial charge in [-0.2, -0.15) is 4.39 Å². The quantitative estimate of drug-likeness (QED) is 0.379. The summed E-state index contributed by atoms with van der Waals surface area (Å²) in [5, 5.41) is 10.1. The Morgan fingerprint density at radius 1 is 0.889 bits per heavy atom. The third kappa shape index (κ3) is 6.39. The number of likely N-dealkylation sites (tertiary alicyclic amines) is 1. The van der Waals surface area contributed by atoms with Crippen molar-refractivity contribution in [1.82, 2.24) is 19.7 Å². The molecule has 3 aliphatic heterocycles. The SMILES string of the molecule is CCN1CCN(C2CCN(C3CCN(c4c(S(=O)(=O)c5ccc(O)c(F)c5F)cnc5ccc([S+](C)[O-])cc45)CC3)CC2)CC1. The van der Waals surface area contributed by atoms with Crippen molar-refractivity contribution >= 4 is 37.6 Å². The molecule has 13 heteroatoms. The zero-order valence-corrected chi connectivity index (χ0v) is 27.4. The fourth-order valence-electron chi connectivity index (χ4n) is 7.20. The van der Waals surface area contributed by atoms with Gasteiger partial charge < -0.3 is 24.4 Å². The van der Waals surface area contributed by atoms with E-state index >= 15 is 0 Å². The van der Waals surface area contributed by atoms with E-state index in [9.17, 15) is 26.9 Å². The van der Waals surface area contributed by atoms with E-state index < -0.39 is 43.3 Å². The van der Waals surface area contributed by atoms with Gasteiger partial charge in [-0.05, 0) is 80.8 Å². The minimum atomic E-state index is -4.59. The highest BCUT2D eigenvalue weighted by molar-refractivity contribution is 7.91. The third-order valence-corrected chi connectivity index (χ3v) is 12.6. The van der Waals surface area contributed by atoms with Crippen LogP contribution in [0.5, 0.6) is 5.75 Å². The first-order valence-electron chi connectivity index (χ1n) is 15.7. The molecule has 0 aliphatic carbocycles. The molecule has 1 N–H and O–H groups in total. The zero-order chi connectivity index (χ0) is 31.9. The first-order chi connectivity index (χ1) is 21.6. The van der Waals surface area contributed by atoms with E-state index in [1.807, 2.05) is 4.90 Å². The second-order valence-electron chi connectivity index (χ2n) is 12.3. The number of nitrogens with zero attached hydrogens (tertiary/aromatic N) is 5. The fourth-order valence-corrected chi connectivity index (χ4v) is 9.24. The van der Waals surface area contributed by atoms with Crippen LogP contribution in [-0.4, -0.2) is 115 Å². The molecule has 0 amide bonds. The maximum Gasteiger partial charge on any atom is 0.213 e. The lowest BCUT2D eigenvalue weighted by atomic mass is 9.96. The van der Waals surface area contributed by atoms with Crippen LogP contribution < -0.4 is 4.90 Å². The Hall–Kier alpha value is -2.55. The maximum atomic E-state index is 14.9. The molecule has 0 bridgehead atoms. The molecule has 6 rings (SSSR count). The van der Waals surface area contributed by atoms with Crippen LogP contribution in [0.4, 0.5) is 14.5 Å². The van der Waals surface area contributed by atoms with Crippen LogP contribution in [0.15, 0.2) is 51.2 Å². The van der Waals surface area contributed by atoms with Crippen molar-refractivity contribution < 1.29 is 26.9 Å². The molecule has 0 spiro atoms. The molecule has 9 nitrogen and oxygen atoms in total. The number of phenolic OH excluding ortho intramolecular Hbond substituents is 1. The number of halogens is 2. The monoisotopic (exact) mass is 661 g/mol. The zero-order valence-electron chi connectivity index (χ0n) is 25.8. The van der Waals surface area contributed by atoms with Crippen LogP contribution in [0.1, 0.15) is 32.6 Å². The van der Waals surface area contributed by atoms with Gasteiger partial charge in [0.2, 0.25) is 15.7 Å². The molecule has 1 atom stereocenters. The van der Waals surface area contributed by atoms with Crippen molar-refractivity contribution in [2.45, 2.75) is 59.4 Å². The number of likely N-dealkylation sites (N-methyl/N-ethyl adjacent to an activating group) is 1. The molecule has 3 saturated heterocycles. The van der Waals surface area contributed by atoms with E-state index in [0.717, 1.165) is 83.6 Å². The predicted molar refractivity (Wildman–Crippen MR) is 171 cm³/mol. The summed E-state index contributed by atoms with van der Waals surface area (Å²) in [4.78, 5) is 13.5. The number of aromatic hydroxyl groups is 1. The first-order valence-corrected chi connectivity index (χ1v) is 18.8. The smallest absolute Gasteiger partial charge is 0.213 e. The van der Waals surface area contributed by atoms with Crippen LogP contribution in [-0.2, 0) is 21.0 Å². The van der Waals surface area contributed by atoms with Crippen LogP contribution in [0.2, 0.25) is 0 Å². The van der Waals surface area contributed by atoms with Gasteiger partial charge in [-0.25, -0.2) is 12.8 Å². The van der Waals surface area contributed by atoms with Crippen molar-refractivity contribution in [2.75, 3.05) is 70.1 Å². The lowest BCUT2D eigenvalue weighted by Gasteiger charge is -2.46. The molecule has 3 aromatic rings. The van der Waals surface area contributed by atoms with E-state index in [-0.39, 0.29) is 4.90 Å². The van der Waals surface area contributed by atoms with E-state index in [2.05, 4.69) is 26.6 Å². The predicted octanol–water partition coefficient (Wildman–Crippen LogP) is 3.86. The fraction of sp³-hybridized carbons (Fsp3) is 0.531. The summed E-state index contributed by atoms with van der Waals surface area (Å²) in [6, 6.07) is 7.77. The number of benzene rings is 2. The van der Waals surface area contributed by atoms with Gasteiger partial charge in [0.25, 0.3) is 0 Å². The number of hydrogen-bond acceptors (Lipinski definition) is 9. The number of piperazine rings is 1. The Morgan fingerprint density at radius 3 is 2.13 bits per heavy atom. The third-order valence-electron chi connectivity index (χ3n) is 9.88. The Balaban J connectivity index is 1.24. The van der Waals surface area contributed by atoms with E-state index in [1.165, 1.54) is 6.20 Å². The van der Waals surface area contributed by atoms with Gasteiger partial charge in [-0.3, -0.25) is 9.88 Å². The summed E-state index contributed by atoms with van der Waals surface area (Å²) in [5.41, 5.74) is 0.864. The lowest BCUT2D eigenvalue weighted by Crippen LogP contribution is -2.55. The first kappa shape index (κ1) is 32.4. The number of pyridine rings is 1. The van der Waals surface area contributed by atoms with E-state index in [1.54, 1.807) is 24.5 Å². The molecule has 3 aliphatic rings. The second-order valence-corrected chi connectivity index (χ2v) is 15.5. The average molecular weight is 662 g/mol. The molecule has 244 valence electrons. The van der Waals surface area contributed by atoms with Gasteiger partial charge in [0.05, 0.1) is 11.2 Å². The molecule has 1 unspecified atom stereocenters. The molecular weight excluding hydrogens is 621 g/mol. The standard InChI is InChI=1S/C32H41F2N5O4S2/c1-3-36-16-18-38(19-17-36)23-8-12-37(13-9-23)22-10-14-39(15-11-22)32-25-20-24(44(2)41)4-5-26(25)35-21-29(32)45(42,43)28-7-6-27(40)30(33)31(28)34/h4-7,20-23,40H,3,8-19H2,1-2H3. The van der Waals surface area contributed by atoms with Crippen LogP contribution in [0.3, 0.4) is 0 Å². The summed E-state index contributed by atoms with van der Waals surface area (Å²) in [7, 11) is -4.59. The van der Waals surface area contributed by atoms with Crippen LogP contribution in [0, 0.1) is 11.6 Å². The molecule has 45 heavy (non-hydrogen) atoms. The van der Waals surface area contributed by atoms with Gasteiger partial charge in [0.1, 0.15) is 16.0 Å². The molecule has 4 heterocycles. The van der Waals surface area contributed by atoms with Crippen molar-refractivity contribution in [2.24, 2.45) is 0 Å². The number of hydrogen-bond donors (Lipinski definition) is 1. The normalized spacial score (nSPS) is 21.0. The number of phenols is 1. The molecule has 1 aromatic heterocycles. The number of fused-ring (bicyclic) bond motifs is 1. The maximum absolute atomic E-state index is 14.9. The van der Waals surface area contributed by atoms with Crippen molar-refractivity contribution in [1.29, 1.82) is 0 Å². The summed E-state index contributed by atoms with van der Waals surface area (Å²) >= 11 is -1.33. The average Bonchev–Trinajstić information content (AvgIpc) is 3.06. The Labute approximate surface area is 266 Å². The Bertz CT molecular complexity index is 1640. The number of rotatable bonds is 7. The summed E-state index contributed by atoms with van der Waals surface area (Å²) in [6.45, 7) is 11.1. The number of sulfone groups is 1. The highest BCUT2D eigenvalue weighted by atomic mass is 32.2. The summed E-state index contributed by atoms with van der Waals surface area (Å²) in [6.07, 6.45) is 6.68. The molecular formula is C32H41F2N5O4S2. The molecule has 3 fully saturated rings. The minimum absolute atomic E-state index is 0.250. The van der Waals surface area contributed by atoms with Gasteiger partial charge >= 0.3 is 0 Å². The number of piperidine rings is 2. The second kappa shape index (κ2) is 13.3. The Kier molecular flexibility index (Phi) is 9.56.